The normalized spacial score (nSPS) is 28.1. The Morgan fingerprint density at radius 1 is 1.10 bits per heavy atom. The zero-order valence-electron chi connectivity index (χ0n) is 11.1. The van der Waals surface area contributed by atoms with E-state index in [-0.39, 0.29) is 31.4 Å². The molecule has 0 aliphatic carbocycles. The maximum Gasteiger partial charge on any atom is 0.268 e. The van der Waals surface area contributed by atoms with E-state index < -0.39 is 11.3 Å². The molecule has 1 aromatic rings. The SMILES string of the molecule is Cl.Cl.FC1(F)CNCC12CCN(Cc1ccccc1)C2. The van der Waals surface area contributed by atoms with Crippen LogP contribution in [-0.4, -0.2) is 37.0 Å². The van der Waals surface area contributed by atoms with E-state index in [1.807, 2.05) is 18.2 Å². The largest absolute Gasteiger partial charge is 0.310 e. The fraction of sp³-hybridized carbons (Fsp3) is 0.571. The van der Waals surface area contributed by atoms with Crippen LogP contribution in [0.3, 0.4) is 0 Å². The van der Waals surface area contributed by atoms with Crippen molar-refractivity contribution < 1.29 is 8.78 Å². The Morgan fingerprint density at radius 3 is 2.40 bits per heavy atom. The first-order chi connectivity index (χ1) is 8.61. The minimum atomic E-state index is -2.56. The monoisotopic (exact) mass is 324 g/mol. The molecule has 114 valence electrons. The Bertz CT molecular complexity index is 430. The molecule has 2 nitrogen and oxygen atoms in total. The van der Waals surface area contributed by atoms with Crippen molar-refractivity contribution in [1.29, 1.82) is 0 Å². The average Bonchev–Trinajstić information content (AvgIpc) is 2.87. The summed E-state index contributed by atoms with van der Waals surface area (Å²) in [6.07, 6.45) is 0.597. The number of nitrogens with one attached hydrogen (secondary N) is 1. The Morgan fingerprint density at radius 2 is 1.80 bits per heavy atom. The van der Waals surface area contributed by atoms with Crippen molar-refractivity contribution in [2.45, 2.75) is 18.9 Å². The minimum absolute atomic E-state index is 0. The third-order valence-corrected chi connectivity index (χ3v) is 4.27. The number of nitrogens with zero attached hydrogens (tertiary/aromatic N) is 1. The molecule has 1 spiro atoms. The predicted molar refractivity (Wildman–Crippen MR) is 81.1 cm³/mol. The van der Waals surface area contributed by atoms with Crippen LogP contribution in [0.1, 0.15) is 12.0 Å². The van der Waals surface area contributed by atoms with Gasteiger partial charge in [-0.1, -0.05) is 30.3 Å². The molecule has 0 aromatic heterocycles. The lowest BCUT2D eigenvalue weighted by Crippen LogP contribution is -2.42. The van der Waals surface area contributed by atoms with E-state index in [1.54, 1.807) is 0 Å². The molecule has 1 atom stereocenters. The molecule has 2 fully saturated rings. The number of benzene rings is 1. The third-order valence-electron chi connectivity index (χ3n) is 4.27. The summed E-state index contributed by atoms with van der Waals surface area (Å²) < 4.78 is 27.9. The maximum absolute atomic E-state index is 13.9. The van der Waals surface area contributed by atoms with Crippen LogP contribution >= 0.6 is 24.8 Å². The molecule has 2 heterocycles. The number of likely N-dealkylation sites (tertiary alicyclic amines) is 1. The fourth-order valence-electron chi connectivity index (χ4n) is 3.15. The highest BCUT2D eigenvalue weighted by atomic mass is 35.5. The summed E-state index contributed by atoms with van der Waals surface area (Å²) in [5.74, 6) is -2.56. The molecule has 0 saturated carbocycles. The molecular formula is C14H20Cl2F2N2. The highest BCUT2D eigenvalue weighted by Gasteiger charge is 2.59. The van der Waals surface area contributed by atoms with Crippen LogP contribution in [0.15, 0.2) is 30.3 Å². The molecule has 0 amide bonds. The van der Waals surface area contributed by atoms with Crippen LogP contribution in [0.5, 0.6) is 0 Å². The molecule has 20 heavy (non-hydrogen) atoms. The van der Waals surface area contributed by atoms with Gasteiger partial charge in [-0.2, -0.15) is 0 Å². The smallest absolute Gasteiger partial charge is 0.268 e. The van der Waals surface area contributed by atoms with E-state index in [1.165, 1.54) is 5.56 Å². The van der Waals surface area contributed by atoms with Crippen LogP contribution in [0.2, 0.25) is 0 Å². The Hall–Kier alpha value is -0.420. The second-order valence-corrected chi connectivity index (χ2v) is 5.53. The van der Waals surface area contributed by atoms with Crippen LogP contribution in [0.4, 0.5) is 8.78 Å². The number of alkyl halides is 2. The average molecular weight is 325 g/mol. The molecule has 1 aromatic carbocycles. The van der Waals surface area contributed by atoms with Crippen molar-refractivity contribution >= 4 is 24.8 Å². The summed E-state index contributed by atoms with van der Waals surface area (Å²) in [5, 5.41) is 2.85. The molecule has 0 radical (unpaired) electrons. The van der Waals surface area contributed by atoms with Crippen molar-refractivity contribution in [2.75, 3.05) is 26.2 Å². The van der Waals surface area contributed by atoms with Gasteiger partial charge in [0.1, 0.15) is 0 Å². The number of hydrogen-bond acceptors (Lipinski definition) is 2. The summed E-state index contributed by atoms with van der Waals surface area (Å²) in [4.78, 5) is 2.15. The molecule has 2 aliphatic rings. The van der Waals surface area contributed by atoms with E-state index in [4.69, 9.17) is 0 Å². The Labute approximate surface area is 130 Å². The summed E-state index contributed by atoms with van der Waals surface area (Å²) in [5.41, 5.74) is 0.366. The maximum atomic E-state index is 13.9. The van der Waals surface area contributed by atoms with E-state index in [0.717, 1.165) is 13.1 Å². The first-order valence-electron chi connectivity index (χ1n) is 6.46. The van der Waals surface area contributed by atoms with Gasteiger partial charge in [0.15, 0.2) is 0 Å². The van der Waals surface area contributed by atoms with Crippen molar-refractivity contribution in [3.63, 3.8) is 0 Å². The van der Waals surface area contributed by atoms with E-state index >= 15 is 0 Å². The van der Waals surface area contributed by atoms with E-state index in [0.29, 0.717) is 19.5 Å². The molecule has 2 saturated heterocycles. The predicted octanol–water partition coefficient (Wildman–Crippen LogP) is 2.96. The summed E-state index contributed by atoms with van der Waals surface area (Å²) in [7, 11) is 0. The Kier molecular flexibility index (Phi) is 5.79. The fourth-order valence-corrected chi connectivity index (χ4v) is 3.15. The lowest BCUT2D eigenvalue weighted by atomic mass is 9.83. The van der Waals surface area contributed by atoms with Gasteiger partial charge in [0.25, 0.3) is 5.92 Å². The third kappa shape index (κ3) is 3.08. The van der Waals surface area contributed by atoms with Gasteiger partial charge in [0, 0.05) is 19.6 Å². The van der Waals surface area contributed by atoms with Gasteiger partial charge in [-0.3, -0.25) is 4.90 Å². The topological polar surface area (TPSA) is 15.3 Å². The van der Waals surface area contributed by atoms with Gasteiger partial charge in [-0.25, -0.2) is 8.78 Å². The molecule has 2 aliphatic heterocycles. The number of rotatable bonds is 2. The molecule has 1 N–H and O–H groups in total. The standard InChI is InChI=1S/C14H18F2N2.2ClH/c15-14(16)10-17-9-13(14)6-7-18(11-13)8-12-4-2-1-3-5-12;;/h1-5,17H,6-11H2;2*1H. The first kappa shape index (κ1) is 17.6. The van der Waals surface area contributed by atoms with Gasteiger partial charge in [-0.05, 0) is 18.5 Å². The quantitative estimate of drug-likeness (QED) is 0.899. The summed E-state index contributed by atoms with van der Waals surface area (Å²) >= 11 is 0. The van der Waals surface area contributed by atoms with E-state index in [9.17, 15) is 8.78 Å². The molecule has 3 rings (SSSR count). The van der Waals surface area contributed by atoms with Gasteiger partial charge < -0.3 is 5.32 Å². The van der Waals surface area contributed by atoms with Gasteiger partial charge >= 0.3 is 0 Å². The molecular weight excluding hydrogens is 305 g/mol. The summed E-state index contributed by atoms with van der Waals surface area (Å²) in [6.45, 7) is 2.34. The van der Waals surface area contributed by atoms with Crippen LogP contribution in [0, 0.1) is 5.41 Å². The van der Waals surface area contributed by atoms with Crippen LogP contribution < -0.4 is 5.32 Å². The van der Waals surface area contributed by atoms with Crippen molar-refractivity contribution in [1.82, 2.24) is 10.2 Å². The van der Waals surface area contributed by atoms with Crippen LogP contribution in [-0.2, 0) is 6.54 Å². The summed E-state index contributed by atoms with van der Waals surface area (Å²) in [6, 6.07) is 10.1. The zero-order chi connectivity index (χ0) is 12.6. The number of halogens is 4. The van der Waals surface area contributed by atoms with Gasteiger partial charge in [0.05, 0.1) is 12.0 Å². The second kappa shape index (κ2) is 6.56. The lowest BCUT2D eigenvalue weighted by Gasteiger charge is -2.29. The van der Waals surface area contributed by atoms with Crippen LogP contribution in [0.25, 0.3) is 0 Å². The van der Waals surface area contributed by atoms with E-state index in [2.05, 4.69) is 22.3 Å². The Balaban J connectivity index is 0.000001000. The molecule has 1 unspecified atom stereocenters. The molecule has 0 bridgehead atoms. The highest BCUT2D eigenvalue weighted by Crippen LogP contribution is 2.46. The first-order valence-corrected chi connectivity index (χ1v) is 6.46. The zero-order valence-corrected chi connectivity index (χ0v) is 12.8. The second-order valence-electron chi connectivity index (χ2n) is 5.53. The van der Waals surface area contributed by atoms with Gasteiger partial charge in [0.2, 0.25) is 0 Å². The van der Waals surface area contributed by atoms with Crippen molar-refractivity contribution in [2.24, 2.45) is 5.41 Å². The van der Waals surface area contributed by atoms with Gasteiger partial charge in [-0.15, -0.1) is 24.8 Å². The minimum Gasteiger partial charge on any atom is -0.310 e. The van der Waals surface area contributed by atoms with Crippen molar-refractivity contribution in [3.8, 4) is 0 Å². The number of hydrogen-bond donors (Lipinski definition) is 1. The van der Waals surface area contributed by atoms with Crippen molar-refractivity contribution in [3.05, 3.63) is 35.9 Å². The highest BCUT2D eigenvalue weighted by molar-refractivity contribution is 5.85. The lowest BCUT2D eigenvalue weighted by molar-refractivity contribution is -0.0775. The molecule has 6 heteroatoms.